The van der Waals surface area contributed by atoms with Crippen LogP contribution in [0.4, 0.5) is 36.4 Å². The number of H-pyrrole nitrogens is 1. The van der Waals surface area contributed by atoms with Crippen LogP contribution in [0.5, 0.6) is 0 Å². The van der Waals surface area contributed by atoms with Crippen molar-refractivity contribution in [2.24, 2.45) is 0 Å². The fraction of sp³-hybridized carbons (Fsp3) is 0.333. The van der Waals surface area contributed by atoms with Gasteiger partial charge in [0.15, 0.2) is 34.9 Å². The lowest BCUT2D eigenvalue weighted by Gasteiger charge is -2.22. The molecule has 2 atom stereocenters. The summed E-state index contributed by atoms with van der Waals surface area (Å²) >= 11 is 0. The lowest BCUT2D eigenvalue weighted by atomic mass is 10.1. The number of hydrogen-bond acceptors (Lipinski definition) is 10. The average molecular weight is 853 g/mol. The Kier molecular flexibility index (Phi) is 15.9. The van der Waals surface area contributed by atoms with E-state index in [0.717, 1.165) is 16.9 Å². The number of alkyl halides is 1. The molecule has 0 bridgehead atoms. The van der Waals surface area contributed by atoms with Crippen molar-refractivity contribution < 1.29 is 22.6 Å². The van der Waals surface area contributed by atoms with Gasteiger partial charge in [0.05, 0.1) is 6.61 Å². The minimum atomic E-state index is -1.64. The highest BCUT2D eigenvalue weighted by Crippen LogP contribution is 2.31. The van der Waals surface area contributed by atoms with Crippen LogP contribution in [0, 0.1) is 25.5 Å². The molecule has 17 heteroatoms. The number of anilines is 4. The summed E-state index contributed by atoms with van der Waals surface area (Å²) in [4.78, 5) is 9.65. The predicted octanol–water partition coefficient (Wildman–Crippen LogP) is 10.8. The number of rotatable bonds is 14. The molecule has 328 valence electrons. The van der Waals surface area contributed by atoms with Gasteiger partial charge in [-0.15, -0.1) is 10.2 Å². The number of aromatic nitrogens is 10. The number of hydrogen-bond donors (Lipinski definition) is 3. The number of halogens is 3. The second-order valence-corrected chi connectivity index (χ2v) is 13.9. The van der Waals surface area contributed by atoms with Gasteiger partial charge in [0.2, 0.25) is 0 Å². The van der Waals surface area contributed by atoms with Crippen molar-refractivity contribution in [2.75, 3.05) is 17.2 Å². The Morgan fingerprint density at radius 1 is 0.661 bits per heavy atom. The number of nitrogens with zero attached hydrogens (tertiary/aromatic N) is 9. The van der Waals surface area contributed by atoms with Crippen LogP contribution in [0.15, 0.2) is 97.3 Å². The second kappa shape index (κ2) is 21.3. The summed E-state index contributed by atoms with van der Waals surface area (Å²) in [6, 6.07) is 22.8. The first-order chi connectivity index (χ1) is 30.0. The van der Waals surface area contributed by atoms with E-state index in [0.29, 0.717) is 45.7 Å². The molecule has 0 spiro atoms. The van der Waals surface area contributed by atoms with Crippen LogP contribution in [0.2, 0.25) is 0 Å². The van der Waals surface area contributed by atoms with Gasteiger partial charge in [0.25, 0.3) is 0 Å². The zero-order chi connectivity index (χ0) is 45.0. The zero-order valence-corrected chi connectivity index (χ0v) is 36.8. The molecule has 0 fully saturated rings. The van der Waals surface area contributed by atoms with Gasteiger partial charge < -0.3 is 20.1 Å². The third-order valence-corrected chi connectivity index (χ3v) is 8.77. The summed E-state index contributed by atoms with van der Waals surface area (Å²) in [5.74, 6) is 1.68. The molecular formula is C45H55F3N12O2. The molecule has 0 aliphatic rings. The third-order valence-electron chi connectivity index (χ3n) is 8.77. The van der Waals surface area contributed by atoms with Crippen LogP contribution in [0.25, 0.3) is 11.0 Å². The Morgan fingerprint density at radius 3 is 1.61 bits per heavy atom. The maximum Gasteiger partial charge on any atom is 0.185 e. The molecule has 8 rings (SSSR count). The first-order valence-corrected chi connectivity index (χ1v) is 20.7. The van der Waals surface area contributed by atoms with Gasteiger partial charge in [0.1, 0.15) is 47.3 Å². The molecule has 6 aromatic heterocycles. The monoisotopic (exact) mass is 852 g/mol. The van der Waals surface area contributed by atoms with E-state index in [1.54, 1.807) is 50.4 Å². The first kappa shape index (κ1) is 46.5. The molecule has 62 heavy (non-hydrogen) atoms. The fourth-order valence-corrected chi connectivity index (χ4v) is 6.08. The number of ether oxygens (including phenoxy) is 2. The van der Waals surface area contributed by atoms with E-state index < -0.39 is 29.5 Å². The highest BCUT2D eigenvalue weighted by Gasteiger charge is 2.26. The Morgan fingerprint density at radius 2 is 1.15 bits per heavy atom. The van der Waals surface area contributed by atoms with Gasteiger partial charge in [-0.2, -0.15) is 10.2 Å². The minimum Gasteiger partial charge on any atom is -0.362 e. The Hall–Kier alpha value is -6.59. The maximum atomic E-state index is 14.6. The van der Waals surface area contributed by atoms with E-state index >= 15 is 0 Å². The van der Waals surface area contributed by atoms with Crippen LogP contribution in [0.3, 0.4) is 0 Å². The lowest BCUT2D eigenvalue weighted by Crippen LogP contribution is -2.24. The molecule has 0 amide bonds. The molecular weight excluding hydrogens is 798 g/mol. The molecule has 0 saturated carbocycles. The molecule has 2 unspecified atom stereocenters. The van der Waals surface area contributed by atoms with Crippen LogP contribution in [-0.2, 0) is 16.2 Å². The van der Waals surface area contributed by atoms with Crippen molar-refractivity contribution in [3.05, 3.63) is 143 Å². The number of benzene rings is 2. The van der Waals surface area contributed by atoms with Crippen LogP contribution < -0.4 is 10.6 Å². The van der Waals surface area contributed by atoms with Crippen molar-refractivity contribution in [1.29, 1.82) is 0 Å². The summed E-state index contributed by atoms with van der Waals surface area (Å²) in [6.45, 7) is 18.3. The molecule has 6 heterocycles. The van der Waals surface area contributed by atoms with E-state index in [1.807, 2.05) is 91.8 Å². The third kappa shape index (κ3) is 11.4. The van der Waals surface area contributed by atoms with E-state index in [4.69, 9.17) is 29.6 Å². The topological polar surface area (TPSA) is 149 Å². The van der Waals surface area contributed by atoms with Gasteiger partial charge in [0, 0.05) is 35.9 Å². The number of aryl methyl sites for hydroxylation is 2. The normalized spacial score (nSPS) is 12.1. The van der Waals surface area contributed by atoms with Crippen LogP contribution in [-0.4, -0.2) is 61.4 Å². The second-order valence-electron chi connectivity index (χ2n) is 13.9. The zero-order valence-electron chi connectivity index (χ0n) is 36.8. The van der Waals surface area contributed by atoms with E-state index in [1.165, 1.54) is 38.1 Å². The highest BCUT2D eigenvalue weighted by molar-refractivity contribution is 5.73. The average Bonchev–Trinajstić information content (AvgIpc) is 4.10. The largest absolute Gasteiger partial charge is 0.362 e. The van der Waals surface area contributed by atoms with Crippen molar-refractivity contribution in [2.45, 2.75) is 93.8 Å². The lowest BCUT2D eigenvalue weighted by molar-refractivity contribution is -0.0000814. The van der Waals surface area contributed by atoms with Crippen molar-refractivity contribution in [3.8, 4) is 0 Å². The van der Waals surface area contributed by atoms with Crippen molar-refractivity contribution in [3.63, 3.8) is 0 Å². The molecule has 8 aromatic rings. The number of nitrogens with one attached hydrogen (secondary N) is 3. The number of aromatic amines is 1. The van der Waals surface area contributed by atoms with Gasteiger partial charge in [-0.1, -0.05) is 65.8 Å². The Balaban J connectivity index is 0.00000116. The van der Waals surface area contributed by atoms with E-state index in [2.05, 4.69) is 25.9 Å². The maximum absolute atomic E-state index is 14.6. The summed E-state index contributed by atoms with van der Waals surface area (Å²) in [5, 5.41) is 27.9. The predicted molar refractivity (Wildman–Crippen MR) is 236 cm³/mol. The Bertz CT molecular complexity index is 2610. The van der Waals surface area contributed by atoms with Gasteiger partial charge >= 0.3 is 0 Å². The van der Waals surface area contributed by atoms with E-state index in [-0.39, 0.29) is 19.2 Å². The quantitative estimate of drug-likeness (QED) is 0.0965. The number of fused-ring (bicyclic) bond motifs is 2. The summed E-state index contributed by atoms with van der Waals surface area (Å²) < 4.78 is 60.1. The highest BCUT2D eigenvalue weighted by atomic mass is 19.1. The summed E-state index contributed by atoms with van der Waals surface area (Å²) in [7, 11) is 0. The fourth-order valence-electron chi connectivity index (χ4n) is 6.08. The van der Waals surface area contributed by atoms with Gasteiger partial charge in [-0.25, -0.2) is 36.9 Å². The Labute approximate surface area is 359 Å². The standard InChI is InChI=1S/C39H37F3N12O2.3C2H6/c1-23-19-31(48-47-23)43-35-29-7-5-17-52(29)51-38(45-35)34(26-11-15-28(41)16-12-26)56-22-54-24(2)20-32(49-54)44-36-30-8-6-18-53(30)50-37(46-36)33(55-21-39(3,4)42)25-9-13-27(40)14-10-25;3*1-2/h5-20,33-34H,21-22H2,1-4H3,(H,44,46,49,50)(H2,43,45,47,48,51);3*1-2H3. The van der Waals surface area contributed by atoms with E-state index in [9.17, 15) is 13.2 Å². The molecule has 14 nitrogen and oxygen atoms in total. The molecule has 0 aliphatic carbocycles. The molecule has 0 radical (unpaired) electrons. The SMILES string of the molecule is CC.CC.CC.Cc1cc(Nc2nc(C(OCn3nc(Nc4nc(C(OCC(C)(C)F)c5ccc(F)cc5)nn5cccc45)cc3C)c3ccc(F)cc3)nn3cccc23)n[nH]1. The first-order valence-electron chi connectivity index (χ1n) is 20.7. The van der Waals surface area contributed by atoms with Crippen molar-refractivity contribution >= 4 is 34.3 Å². The minimum absolute atomic E-state index is 0.0288. The molecule has 3 N–H and O–H groups in total. The smallest absolute Gasteiger partial charge is 0.185 e. The molecule has 0 saturated heterocycles. The summed E-state index contributed by atoms with van der Waals surface area (Å²) in [5.41, 5.74) is 2.53. The van der Waals surface area contributed by atoms with Crippen LogP contribution in [0.1, 0.15) is 102 Å². The van der Waals surface area contributed by atoms with Crippen LogP contribution >= 0.6 is 0 Å². The molecule has 0 aliphatic heterocycles. The van der Waals surface area contributed by atoms with Gasteiger partial charge in [-0.05, 0) is 87.4 Å². The van der Waals surface area contributed by atoms with Gasteiger partial charge in [-0.3, -0.25) is 5.10 Å². The molecule has 2 aromatic carbocycles. The van der Waals surface area contributed by atoms with Crippen molar-refractivity contribution in [1.82, 2.24) is 49.2 Å². The summed E-state index contributed by atoms with van der Waals surface area (Å²) in [6.07, 6.45) is 1.83.